The highest BCUT2D eigenvalue weighted by molar-refractivity contribution is 5.41. The van der Waals surface area contributed by atoms with Crippen LogP contribution in [0.25, 0.3) is 0 Å². The Labute approximate surface area is 111 Å². The molecule has 0 spiro atoms. The Hall–Kier alpha value is -1.22. The molecule has 3 heteroatoms. The zero-order chi connectivity index (χ0) is 13.4. The molecular weight excluding hydrogens is 224 g/mol. The number of hydrogen-bond donors (Lipinski definition) is 1. The van der Waals surface area contributed by atoms with Crippen molar-refractivity contribution < 1.29 is 4.74 Å². The second-order valence-electron chi connectivity index (χ2n) is 4.66. The van der Waals surface area contributed by atoms with Gasteiger partial charge in [0.1, 0.15) is 5.75 Å². The first kappa shape index (κ1) is 14.8. The summed E-state index contributed by atoms with van der Waals surface area (Å²) in [6, 6.07) is 8.23. The van der Waals surface area contributed by atoms with E-state index in [0.717, 1.165) is 37.6 Å². The fraction of sp³-hybridized carbons (Fsp3) is 0.600. The molecule has 0 amide bonds. The van der Waals surface area contributed by atoms with Gasteiger partial charge in [-0.05, 0) is 50.6 Å². The Bertz CT molecular complexity index is 324. The summed E-state index contributed by atoms with van der Waals surface area (Å²) in [7, 11) is 0. The third-order valence-electron chi connectivity index (χ3n) is 3.36. The first-order valence-electron chi connectivity index (χ1n) is 6.89. The molecule has 0 bridgehead atoms. The monoisotopic (exact) mass is 250 g/mol. The van der Waals surface area contributed by atoms with E-state index in [0.29, 0.717) is 6.04 Å². The minimum absolute atomic E-state index is 0.659. The number of ether oxygens (including phenoxy) is 1. The van der Waals surface area contributed by atoms with Crippen molar-refractivity contribution in [3.63, 3.8) is 0 Å². The first-order valence-corrected chi connectivity index (χ1v) is 6.89. The number of anilines is 1. The fourth-order valence-electron chi connectivity index (χ4n) is 1.97. The lowest BCUT2D eigenvalue weighted by Gasteiger charge is -2.26. The van der Waals surface area contributed by atoms with E-state index in [1.165, 1.54) is 6.42 Å². The van der Waals surface area contributed by atoms with Crippen LogP contribution in [0, 0.1) is 0 Å². The highest BCUT2D eigenvalue weighted by atomic mass is 16.5. The SMILES string of the molecule is CCC(C)N(CC)CCCOc1ccc(N)cc1. The standard InChI is InChI=1S/C15H26N2O/c1-4-13(3)17(5-2)11-6-12-18-15-9-7-14(16)8-10-15/h7-10,13H,4-6,11-12,16H2,1-3H3. The topological polar surface area (TPSA) is 38.5 Å². The smallest absolute Gasteiger partial charge is 0.119 e. The first-order chi connectivity index (χ1) is 8.67. The summed E-state index contributed by atoms with van der Waals surface area (Å²) < 4.78 is 5.69. The molecule has 1 atom stereocenters. The third kappa shape index (κ3) is 4.96. The van der Waals surface area contributed by atoms with Crippen molar-refractivity contribution >= 4 is 5.69 Å². The van der Waals surface area contributed by atoms with Gasteiger partial charge in [0.05, 0.1) is 6.61 Å². The molecule has 0 aliphatic heterocycles. The van der Waals surface area contributed by atoms with Crippen molar-refractivity contribution in [3.05, 3.63) is 24.3 Å². The Morgan fingerprint density at radius 3 is 2.44 bits per heavy atom. The van der Waals surface area contributed by atoms with Crippen LogP contribution in [-0.2, 0) is 0 Å². The average Bonchev–Trinajstić information content (AvgIpc) is 2.40. The number of nitrogens with two attached hydrogens (primary N) is 1. The Morgan fingerprint density at radius 1 is 1.22 bits per heavy atom. The normalized spacial score (nSPS) is 12.7. The molecule has 0 radical (unpaired) electrons. The van der Waals surface area contributed by atoms with Crippen molar-refractivity contribution in [2.75, 3.05) is 25.4 Å². The van der Waals surface area contributed by atoms with Gasteiger partial charge in [0.2, 0.25) is 0 Å². The maximum Gasteiger partial charge on any atom is 0.119 e. The number of hydrogen-bond acceptors (Lipinski definition) is 3. The Balaban J connectivity index is 2.23. The lowest BCUT2D eigenvalue weighted by molar-refractivity contribution is 0.193. The van der Waals surface area contributed by atoms with Crippen LogP contribution in [-0.4, -0.2) is 30.6 Å². The van der Waals surface area contributed by atoms with Gasteiger partial charge in [0, 0.05) is 18.3 Å². The van der Waals surface area contributed by atoms with E-state index in [-0.39, 0.29) is 0 Å². The molecule has 18 heavy (non-hydrogen) atoms. The highest BCUT2D eigenvalue weighted by Crippen LogP contribution is 2.13. The van der Waals surface area contributed by atoms with Gasteiger partial charge in [-0.2, -0.15) is 0 Å². The lowest BCUT2D eigenvalue weighted by atomic mass is 10.2. The molecule has 0 aliphatic carbocycles. The number of rotatable bonds is 8. The van der Waals surface area contributed by atoms with Crippen LogP contribution in [0.4, 0.5) is 5.69 Å². The molecule has 2 N–H and O–H groups in total. The minimum atomic E-state index is 0.659. The predicted octanol–water partition coefficient (Wildman–Crippen LogP) is 3.16. The van der Waals surface area contributed by atoms with Gasteiger partial charge in [0.25, 0.3) is 0 Å². The number of benzene rings is 1. The Morgan fingerprint density at radius 2 is 1.89 bits per heavy atom. The molecule has 0 heterocycles. The van der Waals surface area contributed by atoms with Gasteiger partial charge in [0.15, 0.2) is 0 Å². The molecule has 102 valence electrons. The molecular formula is C15H26N2O. The minimum Gasteiger partial charge on any atom is -0.494 e. The number of nitrogens with zero attached hydrogens (tertiary/aromatic N) is 1. The van der Waals surface area contributed by atoms with Crippen LogP contribution in [0.2, 0.25) is 0 Å². The second kappa shape index (κ2) is 7.98. The lowest BCUT2D eigenvalue weighted by Crippen LogP contribution is -2.33. The zero-order valence-electron chi connectivity index (χ0n) is 11.9. The highest BCUT2D eigenvalue weighted by Gasteiger charge is 2.08. The predicted molar refractivity (Wildman–Crippen MR) is 78.0 cm³/mol. The molecule has 0 aliphatic rings. The summed E-state index contributed by atoms with van der Waals surface area (Å²) in [6.45, 7) is 9.70. The zero-order valence-corrected chi connectivity index (χ0v) is 11.9. The molecule has 0 saturated heterocycles. The van der Waals surface area contributed by atoms with E-state index in [2.05, 4.69) is 25.7 Å². The largest absolute Gasteiger partial charge is 0.494 e. The second-order valence-corrected chi connectivity index (χ2v) is 4.66. The van der Waals surface area contributed by atoms with E-state index >= 15 is 0 Å². The van der Waals surface area contributed by atoms with Crippen LogP contribution < -0.4 is 10.5 Å². The molecule has 0 fully saturated rings. The van der Waals surface area contributed by atoms with Gasteiger partial charge in [-0.1, -0.05) is 13.8 Å². The molecule has 0 saturated carbocycles. The quantitative estimate of drug-likeness (QED) is 0.569. The van der Waals surface area contributed by atoms with Crippen LogP contribution in [0.5, 0.6) is 5.75 Å². The summed E-state index contributed by atoms with van der Waals surface area (Å²) in [4.78, 5) is 2.49. The fourth-order valence-corrected chi connectivity index (χ4v) is 1.97. The molecule has 1 unspecified atom stereocenters. The van der Waals surface area contributed by atoms with Crippen LogP contribution in [0.1, 0.15) is 33.6 Å². The van der Waals surface area contributed by atoms with E-state index in [1.807, 2.05) is 24.3 Å². The van der Waals surface area contributed by atoms with Crippen molar-refractivity contribution in [3.8, 4) is 5.75 Å². The van der Waals surface area contributed by atoms with Crippen molar-refractivity contribution in [2.24, 2.45) is 0 Å². The summed E-state index contributed by atoms with van der Waals surface area (Å²) in [5, 5.41) is 0. The number of nitrogen functional groups attached to an aromatic ring is 1. The maximum absolute atomic E-state index is 5.69. The van der Waals surface area contributed by atoms with Crippen molar-refractivity contribution in [1.82, 2.24) is 4.90 Å². The van der Waals surface area contributed by atoms with Gasteiger partial charge in [-0.25, -0.2) is 0 Å². The average molecular weight is 250 g/mol. The maximum atomic E-state index is 5.69. The molecule has 0 aromatic heterocycles. The van der Waals surface area contributed by atoms with Crippen LogP contribution >= 0.6 is 0 Å². The molecule has 3 nitrogen and oxygen atoms in total. The van der Waals surface area contributed by atoms with E-state index in [1.54, 1.807) is 0 Å². The third-order valence-corrected chi connectivity index (χ3v) is 3.36. The van der Waals surface area contributed by atoms with Crippen LogP contribution in [0.3, 0.4) is 0 Å². The van der Waals surface area contributed by atoms with E-state index in [9.17, 15) is 0 Å². The van der Waals surface area contributed by atoms with Crippen molar-refractivity contribution in [1.29, 1.82) is 0 Å². The van der Waals surface area contributed by atoms with Crippen LogP contribution in [0.15, 0.2) is 24.3 Å². The van der Waals surface area contributed by atoms with E-state index in [4.69, 9.17) is 10.5 Å². The molecule has 1 aromatic rings. The van der Waals surface area contributed by atoms with Crippen molar-refractivity contribution in [2.45, 2.75) is 39.7 Å². The summed E-state index contributed by atoms with van der Waals surface area (Å²) in [6.07, 6.45) is 2.26. The van der Waals surface area contributed by atoms with Gasteiger partial charge < -0.3 is 15.4 Å². The van der Waals surface area contributed by atoms with Gasteiger partial charge in [-0.3, -0.25) is 0 Å². The Kier molecular flexibility index (Phi) is 6.58. The summed E-state index contributed by atoms with van der Waals surface area (Å²) in [5.74, 6) is 0.899. The summed E-state index contributed by atoms with van der Waals surface area (Å²) >= 11 is 0. The van der Waals surface area contributed by atoms with Gasteiger partial charge >= 0.3 is 0 Å². The van der Waals surface area contributed by atoms with Gasteiger partial charge in [-0.15, -0.1) is 0 Å². The molecule has 1 rings (SSSR count). The molecule has 1 aromatic carbocycles. The summed E-state index contributed by atoms with van der Waals surface area (Å²) in [5.41, 5.74) is 6.40. The van der Waals surface area contributed by atoms with E-state index < -0.39 is 0 Å².